The Bertz CT molecular complexity index is 528. The zero-order valence-electron chi connectivity index (χ0n) is 22.7. The van der Waals surface area contributed by atoms with Gasteiger partial charge in [-0.15, -0.1) is 0 Å². The Labute approximate surface area is 215 Å². The summed E-state index contributed by atoms with van der Waals surface area (Å²) >= 11 is 0. The highest BCUT2D eigenvalue weighted by molar-refractivity contribution is 7.46. The van der Waals surface area contributed by atoms with Gasteiger partial charge in [-0.25, -0.2) is 4.57 Å². The highest BCUT2D eigenvalue weighted by atomic mass is 31.2. The van der Waals surface area contributed by atoms with Crippen LogP contribution in [0.2, 0.25) is 0 Å². The lowest BCUT2D eigenvalue weighted by atomic mass is 10.0. The van der Waals surface area contributed by atoms with Crippen LogP contribution in [0.5, 0.6) is 0 Å². The van der Waals surface area contributed by atoms with E-state index in [9.17, 15) is 14.5 Å². The number of rotatable bonds is 26. The van der Waals surface area contributed by atoms with Crippen molar-refractivity contribution < 1.29 is 28.8 Å². The molecule has 7 nitrogen and oxygen atoms in total. The summed E-state index contributed by atoms with van der Waals surface area (Å²) in [5.74, 6) is -0.202. The van der Waals surface area contributed by atoms with Crippen LogP contribution in [-0.2, 0) is 13.9 Å². The number of hydrogen-bond donors (Lipinski definition) is 4. The number of phosphoric acid groups is 1. The molecule has 35 heavy (non-hydrogen) atoms. The van der Waals surface area contributed by atoms with Crippen molar-refractivity contribution in [1.82, 2.24) is 5.32 Å². The smallest absolute Gasteiger partial charge is 0.391 e. The van der Waals surface area contributed by atoms with Gasteiger partial charge in [-0.1, -0.05) is 129 Å². The van der Waals surface area contributed by atoms with E-state index in [1.807, 2.05) is 0 Å². The van der Waals surface area contributed by atoms with Gasteiger partial charge >= 0.3 is 7.82 Å². The van der Waals surface area contributed by atoms with Crippen LogP contribution in [0, 0.1) is 0 Å². The van der Waals surface area contributed by atoms with E-state index in [1.165, 1.54) is 83.5 Å². The second-order valence-corrected chi connectivity index (χ2v) is 11.3. The van der Waals surface area contributed by atoms with Gasteiger partial charge in [0.2, 0.25) is 5.91 Å². The average Bonchev–Trinajstić information content (AvgIpc) is 2.81. The van der Waals surface area contributed by atoms with Crippen molar-refractivity contribution in [3.63, 3.8) is 0 Å². The number of amides is 1. The number of carbonyl (C=O) groups excluding carboxylic acids is 1. The Balaban J connectivity index is 4.08. The van der Waals surface area contributed by atoms with Crippen LogP contribution in [0.3, 0.4) is 0 Å². The molecule has 0 radical (unpaired) electrons. The van der Waals surface area contributed by atoms with Gasteiger partial charge < -0.3 is 20.2 Å². The van der Waals surface area contributed by atoms with Gasteiger partial charge in [0.15, 0.2) is 0 Å². The molecule has 0 spiro atoms. The molecule has 0 heterocycles. The van der Waals surface area contributed by atoms with E-state index in [-0.39, 0.29) is 5.91 Å². The summed E-state index contributed by atoms with van der Waals surface area (Å²) < 4.78 is 15.7. The van der Waals surface area contributed by atoms with Gasteiger partial charge in [-0.05, 0) is 12.8 Å². The molecule has 2 atom stereocenters. The van der Waals surface area contributed by atoms with Crippen molar-refractivity contribution in [3.05, 3.63) is 0 Å². The largest absolute Gasteiger partial charge is 0.469 e. The first-order valence-corrected chi connectivity index (χ1v) is 16.0. The van der Waals surface area contributed by atoms with Crippen molar-refractivity contribution in [2.24, 2.45) is 0 Å². The Morgan fingerprint density at radius 3 is 1.54 bits per heavy atom. The minimum Gasteiger partial charge on any atom is -0.391 e. The zero-order chi connectivity index (χ0) is 26.2. The van der Waals surface area contributed by atoms with Crippen LogP contribution in [0.25, 0.3) is 0 Å². The Morgan fingerprint density at radius 2 is 1.11 bits per heavy atom. The third-order valence-electron chi connectivity index (χ3n) is 6.59. The fourth-order valence-electron chi connectivity index (χ4n) is 4.34. The number of carbonyl (C=O) groups is 1. The number of phosphoric ester groups is 1. The minimum absolute atomic E-state index is 0.202. The fourth-order valence-corrected chi connectivity index (χ4v) is 4.70. The second-order valence-electron chi connectivity index (χ2n) is 10.1. The molecule has 8 heteroatoms. The van der Waals surface area contributed by atoms with Gasteiger partial charge in [0.1, 0.15) is 0 Å². The molecule has 0 rings (SSSR count). The summed E-state index contributed by atoms with van der Waals surface area (Å²) in [6.45, 7) is 4.03. The maximum Gasteiger partial charge on any atom is 0.469 e. The summed E-state index contributed by atoms with van der Waals surface area (Å²) in [6, 6.07) is -0.813. The summed E-state index contributed by atoms with van der Waals surface area (Å²) in [5.41, 5.74) is 0. The highest BCUT2D eigenvalue weighted by Crippen LogP contribution is 2.36. The minimum atomic E-state index is -4.66. The summed E-state index contributed by atoms with van der Waals surface area (Å²) in [7, 11) is -4.66. The van der Waals surface area contributed by atoms with E-state index in [1.54, 1.807) is 0 Å². The van der Waals surface area contributed by atoms with Gasteiger partial charge in [-0.3, -0.25) is 9.32 Å². The van der Waals surface area contributed by atoms with E-state index >= 15 is 0 Å². The zero-order valence-corrected chi connectivity index (χ0v) is 23.6. The predicted octanol–water partition coefficient (Wildman–Crippen LogP) is 7.17. The molecule has 0 fully saturated rings. The van der Waals surface area contributed by atoms with Gasteiger partial charge in [0.05, 0.1) is 18.8 Å². The van der Waals surface area contributed by atoms with Crippen molar-refractivity contribution >= 4 is 13.7 Å². The molecule has 0 aromatic rings. The van der Waals surface area contributed by atoms with Crippen LogP contribution in [-0.4, -0.2) is 39.6 Å². The molecule has 0 bridgehead atoms. The fraction of sp³-hybridized carbons (Fsp3) is 0.963. The third-order valence-corrected chi connectivity index (χ3v) is 7.08. The number of aliphatic hydroxyl groups is 1. The lowest BCUT2D eigenvalue weighted by Gasteiger charge is -2.24. The molecule has 0 aliphatic rings. The summed E-state index contributed by atoms with van der Waals surface area (Å²) in [6.07, 6.45) is 22.4. The molecular formula is C27H56NO6P. The third kappa shape index (κ3) is 25.0. The van der Waals surface area contributed by atoms with Crippen LogP contribution < -0.4 is 5.32 Å². The number of aliphatic hydroxyl groups excluding tert-OH is 1. The first-order chi connectivity index (χ1) is 16.8. The summed E-state index contributed by atoms with van der Waals surface area (Å²) in [5, 5.41) is 13.3. The number of unbranched alkanes of at least 4 members (excludes halogenated alkanes) is 17. The number of hydrogen-bond acceptors (Lipinski definition) is 4. The van der Waals surface area contributed by atoms with Gasteiger partial charge in [-0.2, -0.15) is 0 Å². The van der Waals surface area contributed by atoms with E-state index in [0.29, 0.717) is 12.8 Å². The maximum atomic E-state index is 12.3. The SMILES string of the molecule is CCCCCCCCCCCCCC[C@@H](O)[C@H](COP(=O)(O)O)NC(=O)CCCCCCCCC. The topological polar surface area (TPSA) is 116 Å². The van der Waals surface area contributed by atoms with Crippen molar-refractivity contribution in [2.75, 3.05) is 6.61 Å². The van der Waals surface area contributed by atoms with Gasteiger partial charge in [0.25, 0.3) is 0 Å². The molecule has 4 N–H and O–H groups in total. The summed E-state index contributed by atoms with van der Waals surface area (Å²) in [4.78, 5) is 30.4. The Kier molecular flexibility index (Phi) is 23.6. The predicted molar refractivity (Wildman–Crippen MR) is 144 cm³/mol. The molecule has 210 valence electrons. The Morgan fingerprint density at radius 1 is 0.714 bits per heavy atom. The molecule has 1 amide bonds. The van der Waals surface area contributed by atoms with Crippen LogP contribution >= 0.6 is 7.82 Å². The molecule has 0 aromatic heterocycles. The van der Waals surface area contributed by atoms with E-state index in [4.69, 9.17) is 9.79 Å². The normalized spacial score (nSPS) is 13.6. The maximum absolute atomic E-state index is 12.3. The molecule has 0 aliphatic carbocycles. The van der Waals surface area contributed by atoms with Crippen molar-refractivity contribution in [2.45, 2.75) is 161 Å². The first-order valence-electron chi connectivity index (χ1n) is 14.5. The molecule has 0 saturated heterocycles. The van der Waals surface area contributed by atoms with E-state index < -0.39 is 26.6 Å². The van der Waals surface area contributed by atoms with Crippen LogP contribution in [0.4, 0.5) is 0 Å². The standard InChI is InChI=1S/C27H56NO6P/c1-3-5-7-9-11-12-13-14-15-17-18-20-22-26(29)25(24-34-35(31,32)33)28-27(30)23-21-19-16-10-8-6-4-2/h25-26,29H,3-24H2,1-2H3,(H,28,30)(H2,31,32,33)/t25-,26+/m0/s1. The highest BCUT2D eigenvalue weighted by Gasteiger charge is 2.25. The van der Waals surface area contributed by atoms with Crippen LogP contribution in [0.1, 0.15) is 149 Å². The molecule has 0 unspecified atom stereocenters. The lowest BCUT2D eigenvalue weighted by molar-refractivity contribution is -0.123. The second kappa shape index (κ2) is 23.9. The molecule has 0 aromatic carbocycles. The van der Waals surface area contributed by atoms with Crippen molar-refractivity contribution in [1.29, 1.82) is 0 Å². The van der Waals surface area contributed by atoms with Crippen molar-refractivity contribution in [3.8, 4) is 0 Å². The Hall–Kier alpha value is -0.460. The lowest BCUT2D eigenvalue weighted by Crippen LogP contribution is -2.46. The van der Waals surface area contributed by atoms with Crippen LogP contribution in [0.15, 0.2) is 0 Å². The monoisotopic (exact) mass is 521 g/mol. The molecule has 0 saturated carbocycles. The van der Waals surface area contributed by atoms with E-state index in [0.717, 1.165) is 38.5 Å². The van der Waals surface area contributed by atoms with E-state index in [2.05, 4.69) is 23.7 Å². The van der Waals surface area contributed by atoms with Gasteiger partial charge in [0, 0.05) is 6.42 Å². The molecular weight excluding hydrogens is 465 g/mol. The molecule has 0 aliphatic heterocycles. The quantitative estimate of drug-likeness (QED) is 0.0708. The average molecular weight is 522 g/mol. The first kappa shape index (κ1) is 34.5. The number of nitrogens with one attached hydrogen (secondary N) is 1.